The summed E-state index contributed by atoms with van der Waals surface area (Å²) in [7, 11) is 0. The van der Waals surface area contributed by atoms with Crippen LogP contribution < -0.4 is 9.80 Å². The molecule has 5 rings (SSSR count). The Bertz CT molecular complexity index is 1090. The maximum Gasteiger partial charge on any atom is 0.240 e. The molecule has 2 aliphatic heterocycles. The molecule has 3 aromatic rings. The van der Waals surface area contributed by atoms with Gasteiger partial charge in [0, 0.05) is 25.3 Å². The first-order chi connectivity index (χ1) is 15.1. The van der Waals surface area contributed by atoms with Crippen molar-refractivity contribution in [2.45, 2.75) is 43.5 Å². The van der Waals surface area contributed by atoms with Crippen LogP contribution in [0, 0.1) is 6.92 Å². The lowest BCUT2D eigenvalue weighted by Gasteiger charge is -2.22. The smallest absolute Gasteiger partial charge is 0.240 e. The molecule has 1 unspecified atom stereocenters. The van der Waals surface area contributed by atoms with Crippen molar-refractivity contribution < 1.29 is 4.79 Å². The first-order valence-corrected chi connectivity index (χ1v) is 11.8. The van der Waals surface area contributed by atoms with Gasteiger partial charge in [-0.05, 0) is 56.9 Å². The van der Waals surface area contributed by atoms with Crippen LogP contribution in [0.2, 0.25) is 0 Å². The number of thioether (sulfide) groups is 1. The predicted octanol–water partition coefficient (Wildman–Crippen LogP) is 4.25. The number of benzene rings is 2. The van der Waals surface area contributed by atoms with Gasteiger partial charge in [0.05, 0.1) is 10.9 Å². The predicted molar refractivity (Wildman–Crippen MR) is 125 cm³/mol. The number of carbonyl (C=O) groups is 1. The second-order valence-electron chi connectivity index (χ2n) is 8.28. The summed E-state index contributed by atoms with van der Waals surface area (Å²) in [6.07, 6.45) is 3.26. The highest BCUT2D eigenvalue weighted by Crippen LogP contribution is 2.34. The first-order valence-electron chi connectivity index (χ1n) is 10.9. The Morgan fingerprint density at radius 2 is 1.74 bits per heavy atom. The Kier molecular flexibility index (Phi) is 5.44. The van der Waals surface area contributed by atoms with E-state index >= 15 is 0 Å². The van der Waals surface area contributed by atoms with Crippen molar-refractivity contribution in [1.29, 1.82) is 0 Å². The van der Waals surface area contributed by atoms with Gasteiger partial charge in [-0.1, -0.05) is 47.7 Å². The molecule has 3 heterocycles. The summed E-state index contributed by atoms with van der Waals surface area (Å²) in [5.74, 6) is 0.992. The van der Waals surface area contributed by atoms with E-state index in [0.29, 0.717) is 0 Å². The summed E-state index contributed by atoms with van der Waals surface area (Å²) in [6.45, 7) is 6.79. The third kappa shape index (κ3) is 3.82. The summed E-state index contributed by atoms with van der Waals surface area (Å²) < 4.78 is 2.11. The topological polar surface area (TPSA) is 54.3 Å². The molecule has 0 aliphatic carbocycles. The molecule has 7 heteroatoms. The summed E-state index contributed by atoms with van der Waals surface area (Å²) >= 11 is 1.49. The fourth-order valence-corrected chi connectivity index (χ4v) is 5.30. The number of anilines is 2. The fourth-order valence-electron chi connectivity index (χ4n) is 4.38. The highest BCUT2D eigenvalue weighted by molar-refractivity contribution is 8.00. The number of fused-ring (bicyclic) bond motifs is 1. The lowest BCUT2D eigenvalue weighted by atomic mass is 10.2. The summed E-state index contributed by atoms with van der Waals surface area (Å²) in [5, 5.41) is 9.56. The molecule has 0 N–H and O–H groups in total. The number of para-hydroxylation sites is 1. The third-order valence-electron chi connectivity index (χ3n) is 6.08. The van der Waals surface area contributed by atoms with E-state index in [-0.39, 0.29) is 11.2 Å². The SMILES string of the molecule is Cc1ccc(-n2c(SC(C)C(=O)N3CCc4ccccc43)nnc2N2CCCC2)cc1. The molecule has 6 nitrogen and oxygen atoms in total. The van der Waals surface area contributed by atoms with Crippen LogP contribution in [0.3, 0.4) is 0 Å². The molecule has 160 valence electrons. The zero-order valence-electron chi connectivity index (χ0n) is 18.0. The second kappa shape index (κ2) is 8.38. The van der Waals surface area contributed by atoms with Gasteiger partial charge in [0.2, 0.25) is 11.9 Å². The van der Waals surface area contributed by atoms with E-state index in [1.54, 1.807) is 0 Å². The van der Waals surface area contributed by atoms with Gasteiger partial charge in [-0.15, -0.1) is 10.2 Å². The van der Waals surface area contributed by atoms with E-state index in [9.17, 15) is 4.79 Å². The average molecular weight is 434 g/mol. The largest absolute Gasteiger partial charge is 0.341 e. The molecular formula is C24H27N5OS. The zero-order valence-corrected chi connectivity index (χ0v) is 18.8. The molecule has 2 aliphatic rings. The quantitative estimate of drug-likeness (QED) is 0.563. The highest BCUT2D eigenvalue weighted by atomic mass is 32.2. The van der Waals surface area contributed by atoms with Gasteiger partial charge in [0.15, 0.2) is 5.16 Å². The average Bonchev–Trinajstić information content (AvgIpc) is 3.53. The van der Waals surface area contributed by atoms with Crippen molar-refractivity contribution in [3.63, 3.8) is 0 Å². The van der Waals surface area contributed by atoms with Gasteiger partial charge in [0.25, 0.3) is 0 Å². The van der Waals surface area contributed by atoms with Crippen molar-refractivity contribution in [1.82, 2.24) is 14.8 Å². The first kappa shape index (κ1) is 20.1. The Morgan fingerprint density at radius 1 is 1.00 bits per heavy atom. The van der Waals surface area contributed by atoms with Crippen LogP contribution in [0.5, 0.6) is 0 Å². The molecule has 2 aromatic carbocycles. The molecule has 0 bridgehead atoms. The van der Waals surface area contributed by atoms with Crippen molar-refractivity contribution in [3.8, 4) is 5.69 Å². The normalized spacial score (nSPS) is 16.6. The standard InChI is InChI=1S/C24H27N5OS/c1-17-9-11-20(12-10-17)29-23(27-14-5-6-15-27)25-26-24(29)31-18(2)22(30)28-16-13-19-7-3-4-8-21(19)28/h3-4,7-12,18H,5-6,13-16H2,1-2H3. The van der Waals surface area contributed by atoms with Gasteiger partial charge in [-0.2, -0.15) is 0 Å². The van der Waals surface area contributed by atoms with E-state index in [2.05, 4.69) is 56.9 Å². The molecule has 0 saturated carbocycles. The second-order valence-corrected chi connectivity index (χ2v) is 9.58. The lowest BCUT2D eigenvalue weighted by Crippen LogP contribution is -2.35. The molecule has 1 atom stereocenters. The number of amides is 1. The molecule has 0 spiro atoms. The Balaban J connectivity index is 1.43. The van der Waals surface area contributed by atoms with Gasteiger partial charge in [0.1, 0.15) is 0 Å². The number of hydrogen-bond acceptors (Lipinski definition) is 5. The molecule has 1 amide bonds. The number of nitrogens with zero attached hydrogens (tertiary/aromatic N) is 5. The molecule has 0 radical (unpaired) electrons. The maximum absolute atomic E-state index is 13.3. The van der Waals surface area contributed by atoms with Crippen molar-refractivity contribution >= 4 is 29.3 Å². The Hall–Kier alpha value is -2.80. The molecular weight excluding hydrogens is 406 g/mol. The van der Waals surface area contributed by atoms with Crippen molar-refractivity contribution in [3.05, 3.63) is 59.7 Å². The van der Waals surface area contributed by atoms with Crippen LogP contribution in [0.15, 0.2) is 53.7 Å². The molecule has 31 heavy (non-hydrogen) atoms. The van der Waals surface area contributed by atoms with Crippen LogP contribution in [0.1, 0.15) is 30.9 Å². The van der Waals surface area contributed by atoms with E-state index in [1.807, 2.05) is 30.0 Å². The Morgan fingerprint density at radius 3 is 2.52 bits per heavy atom. The van der Waals surface area contributed by atoms with E-state index in [1.165, 1.54) is 35.7 Å². The van der Waals surface area contributed by atoms with Crippen LogP contribution in [-0.4, -0.2) is 45.6 Å². The number of hydrogen-bond donors (Lipinski definition) is 0. The number of aryl methyl sites for hydroxylation is 1. The van der Waals surface area contributed by atoms with Gasteiger partial charge in [-0.25, -0.2) is 0 Å². The van der Waals surface area contributed by atoms with Crippen LogP contribution >= 0.6 is 11.8 Å². The van der Waals surface area contributed by atoms with Crippen molar-refractivity contribution in [2.75, 3.05) is 29.4 Å². The van der Waals surface area contributed by atoms with Crippen molar-refractivity contribution in [2.24, 2.45) is 0 Å². The number of rotatable bonds is 5. The van der Waals surface area contributed by atoms with E-state index in [0.717, 1.165) is 48.5 Å². The molecule has 1 saturated heterocycles. The van der Waals surface area contributed by atoms with Gasteiger partial charge >= 0.3 is 0 Å². The fraction of sp³-hybridized carbons (Fsp3) is 0.375. The van der Waals surface area contributed by atoms with E-state index < -0.39 is 0 Å². The van der Waals surface area contributed by atoms with Crippen LogP contribution in [0.25, 0.3) is 5.69 Å². The monoisotopic (exact) mass is 433 g/mol. The highest BCUT2D eigenvalue weighted by Gasteiger charge is 2.30. The van der Waals surface area contributed by atoms with Crippen LogP contribution in [-0.2, 0) is 11.2 Å². The minimum absolute atomic E-state index is 0.121. The minimum atomic E-state index is -0.258. The summed E-state index contributed by atoms with van der Waals surface area (Å²) in [6, 6.07) is 16.6. The Labute approximate surface area is 187 Å². The van der Waals surface area contributed by atoms with Gasteiger partial charge < -0.3 is 9.80 Å². The summed E-state index contributed by atoms with van der Waals surface area (Å²) in [4.78, 5) is 17.5. The zero-order chi connectivity index (χ0) is 21.4. The number of carbonyl (C=O) groups excluding carboxylic acids is 1. The summed E-state index contributed by atoms with van der Waals surface area (Å²) in [5.41, 5.74) is 4.53. The lowest BCUT2D eigenvalue weighted by molar-refractivity contribution is -0.117. The van der Waals surface area contributed by atoms with Gasteiger partial charge in [-0.3, -0.25) is 9.36 Å². The van der Waals surface area contributed by atoms with Crippen LogP contribution in [0.4, 0.5) is 11.6 Å². The third-order valence-corrected chi connectivity index (χ3v) is 7.11. The van der Waals surface area contributed by atoms with E-state index in [4.69, 9.17) is 0 Å². The maximum atomic E-state index is 13.3. The molecule has 1 fully saturated rings. The molecule has 1 aromatic heterocycles. The number of aromatic nitrogens is 3. The minimum Gasteiger partial charge on any atom is -0.341 e.